The van der Waals surface area contributed by atoms with Gasteiger partial charge in [-0.25, -0.2) is 14.6 Å². The molecule has 2 aliphatic rings. The van der Waals surface area contributed by atoms with Gasteiger partial charge < -0.3 is 10.6 Å². The standard InChI is InChI=1S/C27H35N7O/c1-2-23(35)33-16-14-32(15-17-33)12-6-3-7-13-34-27-24(26(28)29-19-30-27)25(31-34)22-11-10-20-8-4-5-9-21(20)18-22/h5,9-11,18-19H,2-4,6-8,12-17H2,1H3,(H2,28,29,30). The molecule has 8 heteroatoms. The summed E-state index contributed by atoms with van der Waals surface area (Å²) in [6.45, 7) is 7.48. The van der Waals surface area contributed by atoms with E-state index in [2.05, 4.69) is 45.2 Å². The van der Waals surface area contributed by atoms with Crippen LogP contribution in [0.4, 0.5) is 5.82 Å². The maximum Gasteiger partial charge on any atom is 0.222 e. The maximum atomic E-state index is 11.9. The number of rotatable bonds is 8. The molecular weight excluding hydrogens is 438 g/mol. The molecule has 1 saturated heterocycles. The van der Waals surface area contributed by atoms with Gasteiger partial charge in [0.15, 0.2) is 5.65 Å². The Morgan fingerprint density at radius 1 is 1.06 bits per heavy atom. The van der Waals surface area contributed by atoms with E-state index in [-0.39, 0.29) is 5.91 Å². The van der Waals surface area contributed by atoms with Crippen molar-refractivity contribution in [2.24, 2.45) is 0 Å². The lowest BCUT2D eigenvalue weighted by Crippen LogP contribution is -2.48. The molecular formula is C27H35N7O. The summed E-state index contributed by atoms with van der Waals surface area (Å²) in [5, 5.41) is 5.79. The van der Waals surface area contributed by atoms with Crippen LogP contribution in [0.5, 0.6) is 0 Å². The summed E-state index contributed by atoms with van der Waals surface area (Å²) >= 11 is 0. The number of carbonyl (C=O) groups excluding carboxylic acids is 1. The number of hydrogen-bond donors (Lipinski definition) is 1. The molecule has 2 aromatic heterocycles. The highest BCUT2D eigenvalue weighted by Gasteiger charge is 2.20. The summed E-state index contributed by atoms with van der Waals surface area (Å²) in [5.74, 6) is 0.747. The van der Waals surface area contributed by atoms with Crippen LogP contribution in [0.25, 0.3) is 28.4 Å². The van der Waals surface area contributed by atoms with Crippen LogP contribution in [-0.4, -0.2) is 68.2 Å². The van der Waals surface area contributed by atoms with Crippen molar-refractivity contribution in [2.75, 3.05) is 38.5 Å². The first kappa shape index (κ1) is 23.5. The van der Waals surface area contributed by atoms with E-state index in [1.807, 2.05) is 16.5 Å². The Kier molecular flexibility index (Phi) is 7.08. The third-order valence-corrected chi connectivity index (χ3v) is 7.23. The average Bonchev–Trinajstić information content (AvgIpc) is 3.28. The highest BCUT2D eigenvalue weighted by atomic mass is 16.2. The number of piperazine rings is 1. The van der Waals surface area contributed by atoms with Gasteiger partial charge in [0.25, 0.3) is 0 Å². The van der Waals surface area contributed by atoms with Crippen molar-refractivity contribution in [3.05, 3.63) is 41.7 Å². The second-order valence-electron chi connectivity index (χ2n) is 9.52. The molecule has 0 bridgehead atoms. The molecule has 5 rings (SSSR count). The van der Waals surface area contributed by atoms with Crippen LogP contribution in [-0.2, 0) is 17.8 Å². The van der Waals surface area contributed by atoms with Gasteiger partial charge in [0.05, 0.1) is 5.39 Å². The third-order valence-electron chi connectivity index (χ3n) is 7.23. The zero-order chi connectivity index (χ0) is 24.2. The molecule has 0 atom stereocenters. The molecule has 0 radical (unpaired) electrons. The smallest absolute Gasteiger partial charge is 0.222 e. The van der Waals surface area contributed by atoms with E-state index in [1.54, 1.807) is 0 Å². The Morgan fingerprint density at radius 3 is 2.71 bits per heavy atom. The predicted octanol–water partition coefficient (Wildman–Crippen LogP) is 3.76. The number of fused-ring (bicyclic) bond motifs is 2. The number of carbonyl (C=O) groups is 1. The van der Waals surface area contributed by atoms with Gasteiger partial charge in [-0.05, 0) is 49.4 Å². The Hall–Kier alpha value is -3.26. The minimum atomic E-state index is 0.270. The topological polar surface area (TPSA) is 93.2 Å². The van der Waals surface area contributed by atoms with E-state index in [0.717, 1.165) is 93.7 Å². The van der Waals surface area contributed by atoms with Gasteiger partial charge in [0.2, 0.25) is 5.91 Å². The lowest BCUT2D eigenvalue weighted by molar-refractivity contribution is -0.132. The van der Waals surface area contributed by atoms with Crippen molar-refractivity contribution in [1.29, 1.82) is 0 Å². The van der Waals surface area contributed by atoms with E-state index < -0.39 is 0 Å². The predicted molar refractivity (Wildman–Crippen MR) is 140 cm³/mol. The molecule has 3 heterocycles. The molecule has 184 valence electrons. The number of nitrogens with zero attached hydrogens (tertiary/aromatic N) is 6. The van der Waals surface area contributed by atoms with Crippen LogP contribution in [0.3, 0.4) is 0 Å². The van der Waals surface area contributed by atoms with Crippen LogP contribution in [0, 0.1) is 0 Å². The molecule has 0 saturated carbocycles. The van der Waals surface area contributed by atoms with Crippen LogP contribution < -0.4 is 5.73 Å². The summed E-state index contributed by atoms with van der Waals surface area (Å²) < 4.78 is 1.99. The van der Waals surface area contributed by atoms with Crippen molar-refractivity contribution in [2.45, 2.75) is 52.0 Å². The lowest BCUT2D eigenvalue weighted by Gasteiger charge is -2.34. The molecule has 1 aliphatic carbocycles. The number of amides is 1. The van der Waals surface area contributed by atoms with Crippen molar-refractivity contribution >= 4 is 28.8 Å². The Labute approximate surface area is 206 Å². The van der Waals surface area contributed by atoms with Crippen LogP contribution in [0.1, 0.15) is 50.2 Å². The number of aromatic nitrogens is 4. The van der Waals surface area contributed by atoms with Gasteiger partial charge >= 0.3 is 0 Å². The summed E-state index contributed by atoms with van der Waals surface area (Å²) in [4.78, 5) is 25.1. The molecule has 1 aromatic carbocycles. The minimum Gasteiger partial charge on any atom is -0.383 e. The lowest BCUT2D eigenvalue weighted by atomic mass is 9.94. The van der Waals surface area contributed by atoms with Gasteiger partial charge in [-0.15, -0.1) is 0 Å². The zero-order valence-electron chi connectivity index (χ0n) is 20.6. The number of aryl methyl sites for hydroxylation is 2. The molecule has 3 aromatic rings. The minimum absolute atomic E-state index is 0.270. The van der Waals surface area contributed by atoms with Crippen molar-refractivity contribution in [1.82, 2.24) is 29.5 Å². The van der Waals surface area contributed by atoms with Gasteiger partial charge in [-0.2, -0.15) is 5.10 Å². The van der Waals surface area contributed by atoms with E-state index >= 15 is 0 Å². The molecule has 35 heavy (non-hydrogen) atoms. The van der Waals surface area contributed by atoms with E-state index in [4.69, 9.17) is 10.8 Å². The van der Waals surface area contributed by atoms with Gasteiger partial charge in [-0.3, -0.25) is 9.69 Å². The van der Waals surface area contributed by atoms with E-state index in [0.29, 0.717) is 12.2 Å². The van der Waals surface area contributed by atoms with Crippen LogP contribution >= 0.6 is 0 Å². The average molecular weight is 474 g/mol. The number of nitrogens with two attached hydrogens (primary N) is 1. The monoisotopic (exact) mass is 473 g/mol. The largest absolute Gasteiger partial charge is 0.383 e. The molecule has 1 amide bonds. The van der Waals surface area contributed by atoms with E-state index in [9.17, 15) is 4.79 Å². The fraction of sp³-hybridized carbons (Fsp3) is 0.481. The van der Waals surface area contributed by atoms with Gasteiger partial charge in [-0.1, -0.05) is 37.6 Å². The molecule has 1 fully saturated rings. The Balaban J connectivity index is 1.21. The first-order valence-corrected chi connectivity index (χ1v) is 12.9. The van der Waals surface area contributed by atoms with E-state index in [1.165, 1.54) is 17.5 Å². The first-order chi connectivity index (χ1) is 17.1. The third kappa shape index (κ3) is 5.07. The fourth-order valence-electron chi connectivity index (χ4n) is 5.18. The molecule has 8 nitrogen and oxygen atoms in total. The van der Waals surface area contributed by atoms with Crippen LogP contribution in [0.2, 0.25) is 0 Å². The SMILES string of the molecule is CCC(=O)N1CCN(CCCCCn2nc(-c3ccc4c(c3)C=CCC4)c3c(N)ncnc32)CC1. The second-order valence-corrected chi connectivity index (χ2v) is 9.52. The summed E-state index contributed by atoms with van der Waals surface area (Å²) in [6, 6.07) is 6.55. The summed E-state index contributed by atoms with van der Waals surface area (Å²) in [6.07, 6.45) is 12.0. The highest BCUT2D eigenvalue weighted by molar-refractivity contribution is 5.98. The Bertz CT molecular complexity index is 1220. The number of allylic oxidation sites excluding steroid dienone is 1. The van der Waals surface area contributed by atoms with Crippen molar-refractivity contribution in [3.63, 3.8) is 0 Å². The number of hydrogen-bond acceptors (Lipinski definition) is 6. The van der Waals surface area contributed by atoms with Crippen LogP contribution in [0.15, 0.2) is 30.6 Å². The van der Waals surface area contributed by atoms with Crippen molar-refractivity contribution < 1.29 is 4.79 Å². The molecule has 0 spiro atoms. The number of nitrogen functional groups attached to an aromatic ring is 1. The van der Waals surface area contributed by atoms with Gasteiger partial charge in [0, 0.05) is 44.7 Å². The summed E-state index contributed by atoms with van der Waals surface area (Å²) in [7, 11) is 0. The van der Waals surface area contributed by atoms with Gasteiger partial charge in [0.1, 0.15) is 17.8 Å². The Morgan fingerprint density at radius 2 is 1.89 bits per heavy atom. The second kappa shape index (κ2) is 10.6. The quantitative estimate of drug-likeness (QED) is 0.501. The summed E-state index contributed by atoms with van der Waals surface area (Å²) in [5.41, 5.74) is 11.6. The number of anilines is 1. The zero-order valence-corrected chi connectivity index (χ0v) is 20.6. The fourth-order valence-corrected chi connectivity index (χ4v) is 5.18. The molecule has 1 aliphatic heterocycles. The van der Waals surface area contributed by atoms with Crippen molar-refractivity contribution in [3.8, 4) is 11.3 Å². The number of unbranched alkanes of at least 4 members (excludes halogenated alkanes) is 2. The molecule has 2 N–H and O–H groups in total. The number of benzene rings is 1. The highest BCUT2D eigenvalue weighted by Crippen LogP contribution is 2.32. The molecule has 0 unspecified atom stereocenters. The maximum absolute atomic E-state index is 11.9. The first-order valence-electron chi connectivity index (χ1n) is 12.9. The normalized spacial score (nSPS) is 16.1.